The minimum atomic E-state index is -0.402. The second-order valence-corrected chi connectivity index (χ2v) is 6.33. The molecule has 0 aliphatic carbocycles. The van der Waals surface area contributed by atoms with Gasteiger partial charge in [0.2, 0.25) is 5.24 Å². The smallest absolute Gasteiger partial charge is 0.245 e. The van der Waals surface area contributed by atoms with Crippen LogP contribution in [0.4, 0.5) is 0 Å². The molecule has 0 N–H and O–H groups in total. The molecule has 0 bridgehead atoms. The van der Waals surface area contributed by atoms with Crippen molar-refractivity contribution >= 4 is 16.8 Å². The van der Waals surface area contributed by atoms with Crippen molar-refractivity contribution in [3.8, 4) is 0 Å². The Labute approximate surface area is 124 Å². The van der Waals surface area contributed by atoms with E-state index >= 15 is 0 Å². The third-order valence-corrected chi connectivity index (χ3v) is 3.39. The number of carbonyl (C=O) groups is 1. The standard InChI is InChI=1S/C17H29ClO/c1-14(2)9-5-6-10-15(3)11-7-8-12-16(4)13-17(18)19/h8,12-15H,5-7,9-11H2,1-4H3/b12-8+,16-13+. The molecule has 0 amide bonds. The normalized spacial score (nSPS) is 14.3. The number of hydrogen-bond acceptors (Lipinski definition) is 1. The fraction of sp³-hybridized carbons (Fsp3) is 0.706. The first kappa shape index (κ1) is 18.4. The summed E-state index contributed by atoms with van der Waals surface area (Å²) in [6.07, 6.45) is 13.3. The minimum Gasteiger partial charge on any atom is -0.276 e. The van der Waals surface area contributed by atoms with Gasteiger partial charge >= 0.3 is 0 Å². The molecule has 19 heavy (non-hydrogen) atoms. The fourth-order valence-electron chi connectivity index (χ4n) is 2.07. The summed E-state index contributed by atoms with van der Waals surface area (Å²) < 4.78 is 0. The monoisotopic (exact) mass is 284 g/mol. The first-order chi connectivity index (χ1) is 8.91. The lowest BCUT2D eigenvalue weighted by Crippen LogP contribution is -1.95. The van der Waals surface area contributed by atoms with Gasteiger partial charge in [0.15, 0.2) is 0 Å². The van der Waals surface area contributed by atoms with Gasteiger partial charge in [-0.25, -0.2) is 0 Å². The van der Waals surface area contributed by atoms with Gasteiger partial charge in [0.05, 0.1) is 0 Å². The Hall–Kier alpha value is -0.560. The van der Waals surface area contributed by atoms with Crippen LogP contribution in [0.5, 0.6) is 0 Å². The highest BCUT2D eigenvalue weighted by Crippen LogP contribution is 2.17. The molecule has 0 fully saturated rings. The fourth-order valence-corrected chi connectivity index (χ4v) is 2.24. The van der Waals surface area contributed by atoms with Crippen molar-refractivity contribution in [3.05, 3.63) is 23.8 Å². The zero-order valence-corrected chi connectivity index (χ0v) is 13.7. The largest absolute Gasteiger partial charge is 0.276 e. The lowest BCUT2D eigenvalue weighted by molar-refractivity contribution is -0.107. The molecular formula is C17H29ClO. The van der Waals surface area contributed by atoms with E-state index in [-0.39, 0.29) is 0 Å². The summed E-state index contributed by atoms with van der Waals surface area (Å²) in [4.78, 5) is 10.6. The van der Waals surface area contributed by atoms with Crippen molar-refractivity contribution in [2.24, 2.45) is 11.8 Å². The molecule has 1 atom stereocenters. The van der Waals surface area contributed by atoms with Gasteiger partial charge in [-0.05, 0) is 48.8 Å². The van der Waals surface area contributed by atoms with Gasteiger partial charge in [0, 0.05) is 6.08 Å². The molecule has 0 aliphatic heterocycles. The molecule has 1 unspecified atom stereocenters. The van der Waals surface area contributed by atoms with E-state index in [0.717, 1.165) is 23.8 Å². The predicted molar refractivity (Wildman–Crippen MR) is 85.5 cm³/mol. The van der Waals surface area contributed by atoms with Crippen LogP contribution >= 0.6 is 11.6 Å². The van der Waals surface area contributed by atoms with Crippen LogP contribution in [0.15, 0.2) is 23.8 Å². The van der Waals surface area contributed by atoms with E-state index < -0.39 is 5.24 Å². The number of halogens is 1. The third kappa shape index (κ3) is 13.7. The zero-order chi connectivity index (χ0) is 14.7. The number of allylic oxidation sites excluding steroid dienone is 4. The van der Waals surface area contributed by atoms with Gasteiger partial charge in [-0.2, -0.15) is 0 Å². The summed E-state index contributed by atoms with van der Waals surface area (Å²) in [5, 5.41) is -0.402. The third-order valence-electron chi connectivity index (χ3n) is 3.28. The molecule has 0 radical (unpaired) electrons. The number of unbranched alkanes of at least 4 members (excludes halogenated alkanes) is 1. The van der Waals surface area contributed by atoms with Gasteiger partial charge in [0.25, 0.3) is 0 Å². The molecular weight excluding hydrogens is 256 g/mol. The number of carbonyl (C=O) groups excluding carboxylic acids is 1. The van der Waals surface area contributed by atoms with Crippen molar-refractivity contribution in [3.63, 3.8) is 0 Å². The van der Waals surface area contributed by atoms with Crippen molar-refractivity contribution in [2.45, 2.75) is 66.2 Å². The minimum absolute atomic E-state index is 0.402. The molecule has 0 spiro atoms. The van der Waals surface area contributed by atoms with Gasteiger partial charge in [-0.15, -0.1) is 0 Å². The van der Waals surface area contributed by atoms with E-state index in [9.17, 15) is 4.79 Å². The van der Waals surface area contributed by atoms with Gasteiger partial charge < -0.3 is 0 Å². The van der Waals surface area contributed by atoms with Crippen molar-refractivity contribution < 1.29 is 4.79 Å². The summed E-state index contributed by atoms with van der Waals surface area (Å²) in [6.45, 7) is 8.80. The molecule has 2 heteroatoms. The van der Waals surface area contributed by atoms with E-state index in [0.29, 0.717) is 0 Å². The highest BCUT2D eigenvalue weighted by Gasteiger charge is 2.01. The van der Waals surface area contributed by atoms with Crippen LogP contribution in [-0.4, -0.2) is 5.24 Å². The van der Waals surface area contributed by atoms with Crippen molar-refractivity contribution in [2.75, 3.05) is 0 Å². The topological polar surface area (TPSA) is 17.1 Å². The number of hydrogen-bond donors (Lipinski definition) is 0. The van der Waals surface area contributed by atoms with Gasteiger partial charge in [0.1, 0.15) is 0 Å². The summed E-state index contributed by atoms with van der Waals surface area (Å²) in [7, 11) is 0. The lowest BCUT2D eigenvalue weighted by Gasteiger charge is -2.10. The SMILES string of the molecule is CC(/C=C/CCC(C)CCCCC(C)C)=C\C(=O)Cl. The first-order valence-electron chi connectivity index (χ1n) is 7.46. The molecule has 0 saturated heterocycles. The first-order valence-corrected chi connectivity index (χ1v) is 7.84. The van der Waals surface area contributed by atoms with Gasteiger partial charge in [-0.3, -0.25) is 4.79 Å². The average molecular weight is 285 g/mol. The molecule has 110 valence electrons. The Morgan fingerprint density at radius 1 is 1.11 bits per heavy atom. The summed E-state index contributed by atoms with van der Waals surface area (Å²) in [5.74, 6) is 1.62. The van der Waals surface area contributed by atoms with E-state index in [1.54, 1.807) is 0 Å². The van der Waals surface area contributed by atoms with E-state index in [4.69, 9.17) is 11.6 Å². The maximum Gasteiger partial charge on any atom is 0.245 e. The Morgan fingerprint density at radius 3 is 2.32 bits per heavy atom. The molecule has 0 heterocycles. The number of rotatable bonds is 10. The van der Waals surface area contributed by atoms with Crippen molar-refractivity contribution in [1.29, 1.82) is 0 Å². The molecule has 0 aliphatic rings. The predicted octanol–water partition coefficient (Wildman–Crippen LogP) is 5.89. The Kier molecular flexibility index (Phi) is 10.9. The highest BCUT2D eigenvalue weighted by atomic mass is 35.5. The van der Waals surface area contributed by atoms with E-state index in [1.807, 2.05) is 13.0 Å². The van der Waals surface area contributed by atoms with Crippen molar-refractivity contribution in [1.82, 2.24) is 0 Å². The second-order valence-electron chi connectivity index (χ2n) is 5.96. The van der Waals surface area contributed by atoms with Crippen LogP contribution in [0.3, 0.4) is 0 Å². The maximum absolute atomic E-state index is 10.6. The van der Waals surface area contributed by atoms with Gasteiger partial charge in [-0.1, -0.05) is 58.6 Å². The van der Waals surface area contributed by atoms with Crippen LogP contribution < -0.4 is 0 Å². The van der Waals surface area contributed by atoms with Crippen LogP contribution in [0.25, 0.3) is 0 Å². The Morgan fingerprint density at radius 2 is 1.74 bits per heavy atom. The quantitative estimate of drug-likeness (QED) is 0.212. The average Bonchev–Trinajstić information content (AvgIpc) is 2.29. The van der Waals surface area contributed by atoms with E-state index in [2.05, 4.69) is 26.8 Å². The second kappa shape index (κ2) is 11.3. The molecule has 0 aromatic heterocycles. The summed E-state index contributed by atoms with van der Waals surface area (Å²) >= 11 is 5.28. The van der Waals surface area contributed by atoms with Crippen LogP contribution in [0.1, 0.15) is 66.2 Å². The molecule has 0 rings (SSSR count). The lowest BCUT2D eigenvalue weighted by atomic mass is 9.96. The maximum atomic E-state index is 10.6. The van der Waals surface area contributed by atoms with Crippen LogP contribution in [0, 0.1) is 11.8 Å². The Bertz CT molecular complexity index is 302. The zero-order valence-electron chi connectivity index (χ0n) is 12.9. The summed E-state index contributed by atoms with van der Waals surface area (Å²) in [6, 6.07) is 0. The summed E-state index contributed by atoms with van der Waals surface area (Å²) in [5.41, 5.74) is 0.921. The molecule has 0 aromatic carbocycles. The molecule has 0 aromatic rings. The van der Waals surface area contributed by atoms with Crippen LogP contribution in [0.2, 0.25) is 0 Å². The van der Waals surface area contributed by atoms with E-state index in [1.165, 1.54) is 38.2 Å². The highest BCUT2D eigenvalue weighted by molar-refractivity contribution is 6.66. The molecule has 0 saturated carbocycles. The molecule has 1 nitrogen and oxygen atoms in total. The van der Waals surface area contributed by atoms with Crippen LogP contribution in [-0.2, 0) is 4.79 Å². The Balaban J connectivity index is 3.65.